The first-order valence-electron chi connectivity index (χ1n) is 9.50. The highest BCUT2D eigenvalue weighted by molar-refractivity contribution is 7.11. The molecule has 0 aliphatic heterocycles. The van der Waals surface area contributed by atoms with E-state index in [0.717, 1.165) is 30.8 Å². The van der Waals surface area contributed by atoms with Crippen LogP contribution in [0.5, 0.6) is 0 Å². The molecule has 0 saturated heterocycles. The lowest BCUT2D eigenvalue weighted by Gasteiger charge is -2.34. The van der Waals surface area contributed by atoms with Gasteiger partial charge in [0.05, 0.1) is 10.5 Å². The van der Waals surface area contributed by atoms with E-state index in [1.54, 1.807) is 18.4 Å². The second kappa shape index (κ2) is 10.5. The lowest BCUT2D eigenvalue weighted by atomic mass is 9.93. The van der Waals surface area contributed by atoms with E-state index in [1.807, 2.05) is 27.0 Å². The predicted molar refractivity (Wildman–Crippen MR) is 113 cm³/mol. The Hall–Kier alpha value is -1.83. The Bertz CT molecular complexity index is 618. The van der Waals surface area contributed by atoms with Crippen LogP contribution >= 0.6 is 11.3 Å². The van der Waals surface area contributed by atoms with E-state index in [2.05, 4.69) is 46.7 Å². The number of nitrogens with one attached hydrogen (secondary N) is 3. The number of nitrogens with zero attached hydrogens (tertiary/aromatic N) is 2. The first-order valence-corrected chi connectivity index (χ1v) is 10.3. The van der Waals surface area contributed by atoms with Crippen LogP contribution in [-0.4, -0.2) is 48.3 Å². The van der Waals surface area contributed by atoms with Crippen molar-refractivity contribution in [1.82, 2.24) is 20.9 Å². The third kappa shape index (κ3) is 8.60. The smallest absolute Gasteiger partial charge is 0.408 e. The number of rotatable bonds is 8. The van der Waals surface area contributed by atoms with Crippen LogP contribution < -0.4 is 16.0 Å². The molecule has 0 aliphatic rings. The minimum absolute atomic E-state index is 0.393. The van der Waals surface area contributed by atoms with E-state index in [0.29, 0.717) is 12.5 Å². The summed E-state index contributed by atoms with van der Waals surface area (Å²) in [5.41, 5.74) is -0.914. The number of amides is 1. The summed E-state index contributed by atoms with van der Waals surface area (Å²) in [6.07, 6.45) is 3.92. The molecule has 1 heterocycles. The van der Waals surface area contributed by atoms with E-state index < -0.39 is 17.2 Å². The quantitative estimate of drug-likeness (QED) is 0.463. The molecule has 0 radical (unpaired) electrons. The van der Waals surface area contributed by atoms with Crippen molar-refractivity contribution in [2.45, 2.75) is 71.9 Å². The average molecular weight is 398 g/mol. The molecule has 1 rings (SSSR count). The summed E-state index contributed by atoms with van der Waals surface area (Å²) in [5.74, 6) is 0.709. The molecule has 0 saturated carbocycles. The molecule has 8 heteroatoms. The zero-order chi connectivity index (χ0) is 20.5. The SMILES string of the molecule is CCC(CC)(CNC(=NC)NCCc1ncc(C)s1)NC(=O)OC(C)(C)C. The minimum Gasteiger partial charge on any atom is -0.444 e. The summed E-state index contributed by atoms with van der Waals surface area (Å²) >= 11 is 1.71. The van der Waals surface area contributed by atoms with Crippen LogP contribution in [0, 0.1) is 6.92 Å². The first-order chi connectivity index (χ1) is 12.6. The molecule has 1 aromatic heterocycles. The summed E-state index contributed by atoms with van der Waals surface area (Å²) in [6, 6.07) is 0. The van der Waals surface area contributed by atoms with Gasteiger partial charge in [-0.1, -0.05) is 13.8 Å². The Balaban J connectivity index is 2.55. The van der Waals surface area contributed by atoms with Crippen molar-refractivity contribution in [3.8, 4) is 0 Å². The van der Waals surface area contributed by atoms with Crippen LogP contribution in [0.15, 0.2) is 11.2 Å². The van der Waals surface area contributed by atoms with E-state index in [-0.39, 0.29) is 0 Å². The third-order valence-electron chi connectivity index (χ3n) is 4.24. The third-order valence-corrected chi connectivity index (χ3v) is 5.21. The highest BCUT2D eigenvalue weighted by Crippen LogP contribution is 2.16. The number of aryl methyl sites for hydroxylation is 1. The fourth-order valence-corrected chi connectivity index (χ4v) is 3.31. The van der Waals surface area contributed by atoms with E-state index in [9.17, 15) is 4.79 Å². The molecule has 0 aliphatic carbocycles. The fraction of sp³-hybridized carbons (Fsp3) is 0.737. The number of alkyl carbamates (subject to hydrolysis) is 1. The van der Waals surface area contributed by atoms with E-state index >= 15 is 0 Å². The second-order valence-electron chi connectivity index (χ2n) is 7.58. The van der Waals surface area contributed by atoms with Gasteiger partial charge in [0.1, 0.15) is 5.60 Å². The maximum atomic E-state index is 12.2. The highest BCUT2D eigenvalue weighted by Gasteiger charge is 2.30. The number of aliphatic imine (C=N–C) groups is 1. The van der Waals surface area contributed by atoms with Crippen LogP contribution in [0.2, 0.25) is 0 Å². The van der Waals surface area contributed by atoms with E-state index in [1.165, 1.54) is 4.88 Å². The van der Waals surface area contributed by atoms with Gasteiger partial charge in [-0.25, -0.2) is 9.78 Å². The normalized spacial score (nSPS) is 12.6. The summed E-state index contributed by atoms with van der Waals surface area (Å²) in [5, 5.41) is 10.8. The van der Waals surface area contributed by atoms with Crippen molar-refractivity contribution in [2.24, 2.45) is 4.99 Å². The summed E-state index contributed by atoms with van der Waals surface area (Å²) < 4.78 is 5.42. The standard InChI is InChI=1S/C19H35N5O2S/c1-8-19(9-2,24-17(25)26-18(4,5)6)13-23-16(20-7)21-11-10-15-22-12-14(3)27-15/h12H,8-11,13H2,1-7H3,(H,24,25)(H2,20,21,23). The summed E-state index contributed by atoms with van der Waals surface area (Å²) in [4.78, 5) is 22.1. The number of guanidine groups is 1. The lowest BCUT2D eigenvalue weighted by molar-refractivity contribution is 0.0448. The minimum atomic E-state index is -0.517. The van der Waals surface area contributed by atoms with Crippen molar-refractivity contribution in [3.63, 3.8) is 0 Å². The Kier molecular flexibility index (Phi) is 9.02. The average Bonchev–Trinajstić information content (AvgIpc) is 3.00. The molecule has 0 atom stereocenters. The number of thiazole rings is 1. The maximum absolute atomic E-state index is 12.2. The number of carbonyl (C=O) groups excluding carboxylic acids is 1. The van der Waals surface area contributed by atoms with Crippen LogP contribution in [0.1, 0.15) is 57.3 Å². The fourth-order valence-electron chi connectivity index (χ4n) is 2.52. The zero-order valence-corrected chi connectivity index (χ0v) is 18.5. The molecule has 7 nitrogen and oxygen atoms in total. The molecular weight excluding hydrogens is 362 g/mol. The van der Waals surface area contributed by atoms with Crippen molar-refractivity contribution in [3.05, 3.63) is 16.1 Å². The van der Waals surface area contributed by atoms with Crippen LogP contribution in [0.3, 0.4) is 0 Å². The van der Waals surface area contributed by atoms with Gasteiger partial charge in [0.25, 0.3) is 0 Å². The van der Waals surface area contributed by atoms with Crippen molar-refractivity contribution < 1.29 is 9.53 Å². The summed E-state index contributed by atoms with van der Waals surface area (Å²) in [7, 11) is 1.74. The Morgan fingerprint density at radius 1 is 1.26 bits per heavy atom. The van der Waals surface area contributed by atoms with Crippen LogP contribution in [0.25, 0.3) is 0 Å². The molecule has 3 N–H and O–H groups in total. The number of hydrogen-bond acceptors (Lipinski definition) is 5. The van der Waals surface area contributed by atoms with Crippen LogP contribution in [-0.2, 0) is 11.2 Å². The molecule has 0 fully saturated rings. The number of carbonyl (C=O) groups is 1. The molecule has 154 valence electrons. The second-order valence-corrected chi connectivity index (χ2v) is 8.90. The number of hydrogen-bond donors (Lipinski definition) is 3. The van der Waals surface area contributed by atoms with Gasteiger partial charge in [-0.05, 0) is 40.5 Å². The molecule has 0 spiro atoms. The topological polar surface area (TPSA) is 87.6 Å². The van der Waals surface area contributed by atoms with Gasteiger partial charge in [0, 0.05) is 37.6 Å². The van der Waals surface area contributed by atoms with Crippen molar-refractivity contribution in [2.75, 3.05) is 20.1 Å². The Morgan fingerprint density at radius 3 is 2.41 bits per heavy atom. The van der Waals surface area contributed by atoms with Gasteiger partial charge in [-0.15, -0.1) is 11.3 Å². The molecule has 1 aromatic rings. The number of aromatic nitrogens is 1. The first kappa shape index (κ1) is 23.2. The van der Waals surface area contributed by atoms with Crippen LogP contribution in [0.4, 0.5) is 4.79 Å². The lowest BCUT2D eigenvalue weighted by Crippen LogP contribution is -2.57. The van der Waals surface area contributed by atoms with Gasteiger partial charge in [-0.2, -0.15) is 0 Å². The summed E-state index contributed by atoms with van der Waals surface area (Å²) in [6.45, 7) is 13.1. The predicted octanol–water partition coefficient (Wildman–Crippen LogP) is 3.24. The molecule has 0 aromatic carbocycles. The van der Waals surface area contributed by atoms with E-state index in [4.69, 9.17) is 4.74 Å². The van der Waals surface area contributed by atoms with Gasteiger partial charge in [-0.3, -0.25) is 4.99 Å². The molecular formula is C19H35N5O2S. The molecule has 1 amide bonds. The Morgan fingerprint density at radius 2 is 1.93 bits per heavy atom. The van der Waals surface area contributed by atoms with Crippen molar-refractivity contribution in [1.29, 1.82) is 0 Å². The van der Waals surface area contributed by atoms with Gasteiger partial charge >= 0.3 is 6.09 Å². The maximum Gasteiger partial charge on any atom is 0.408 e. The molecule has 0 bridgehead atoms. The monoisotopic (exact) mass is 397 g/mol. The Labute approximate surface area is 167 Å². The molecule has 27 heavy (non-hydrogen) atoms. The van der Waals surface area contributed by atoms with Gasteiger partial charge in [0.15, 0.2) is 5.96 Å². The highest BCUT2D eigenvalue weighted by atomic mass is 32.1. The van der Waals surface area contributed by atoms with Crippen molar-refractivity contribution >= 4 is 23.4 Å². The van der Waals surface area contributed by atoms with Gasteiger partial charge in [0.2, 0.25) is 0 Å². The molecule has 0 unspecified atom stereocenters. The van der Waals surface area contributed by atoms with Gasteiger partial charge < -0.3 is 20.7 Å². The zero-order valence-electron chi connectivity index (χ0n) is 17.7. The largest absolute Gasteiger partial charge is 0.444 e. The number of ether oxygens (including phenoxy) is 1.